The predicted octanol–water partition coefficient (Wildman–Crippen LogP) is 1.00. The van der Waals surface area contributed by atoms with Gasteiger partial charge in [0.15, 0.2) is 0 Å². The Labute approximate surface area is 110 Å². The number of ether oxygens (including phenoxy) is 1. The van der Waals surface area contributed by atoms with E-state index in [1.807, 2.05) is 5.38 Å². The fourth-order valence-electron chi connectivity index (χ4n) is 1.81. The lowest BCUT2D eigenvalue weighted by Gasteiger charge is -2.10. The predicted molar refractivity (Wildman–Crippen MR) is 69.6 cm³/mol. The van der Waals surface area contributed by atoms with Crippen LogP contribution in [0.25, 0.3) is 0 Å². The van der Waals surface area contributed by atoms with Crippen LogP contribution in [-0.4, -0.2) is 36.9 Å². The van der Waals surface area contributed by atoms with E-state index in [2.05, 4.69) is 17.2 Å². The Hall–Kier alpha value is -1.35. The van der Waals surface area contributed by atoms with E-state index in [9.17, 15) is 4.79 Å². The molecule has 1 atom stereocenters. The fraction of sp³-hybridized carbons (Fsp3) is 0.462. The van der Waals surface area contributed by atoms with Gasteiger partial charge in [0.1, 0.15) is 11.5 Å². The first-order chi connectivity index (χ1) is 8.81. The van der Waals surface area contributed by atoms with Crippen LogP contribution in [0, 0.1) is 11.8 Å². The van der Waals surface area contributed by atoms with E-state index in [0.717, 1.165) is 19.4 Å². The molecule has 1 amide bonds. The van der Waals surface area contributed by atoms with Crippen LogP contribution in [0.3, 0.4) is 0 Å². The van der Waals surface area contributed by atoms with Gasteiger partial charge in [-0.2, -0.15) is 0 Å². The van der Waals surface area contributed by atoms with Gasteiger partial charge in [-0.05, 0) is 24.3 Å². The Morgan fingerprint density at radius 1 is 1.67 bits per heavy atom. The van der Waals surface area contributed by atoms with Crippen molar-refractivity contribution in [2.45, 2.75) is 18.9 Å². The first-order valence-corrected chi connectivity index (χ1v) is 6.76. The molecule has 4 nitrogen and oxygen atoms in total. The lowest BCUT2D eigenvalue weighted by Crippen LogP contribution is -2.31. The van der Waals surface area contributed by atoms with E-state index < -0.39 is 0 Å². The highest BCUT2D eigenvalue weighted by Gasteiger charge is 2.18. The van der Waals surface area contributed by atoms with Crippen molar-refractivity contribution in [3.05, 3.63) is 21.9 Å². The highest BCUT2D eigenvalue weighted by atomic mass is 32.1. The molecule has 0 bridgehead atoms. The van der Waals surface area contributed by atoms with E-state index in [1.165, 1.54) is 11.3 Å². The van der Waals surface area contributed by atoms with Gasteiger partial charge in [-0.3, -0.25) is 4.79 Å². The molecule has 5 heteroatoms. The number of amides is 1. The zero-order valence-electron chi connectivity index (χ0n) is 9.94. The second-order valence-corrected chi connectivity index (χ2v) is 4.88. The number of aliphatic hydroxyl groups excluding tert-OH is 1. The molecule has 1 saturated heterocycles. The topological polar surface area (TPSA) is 58.6 Å². The Kier molecular flexibility index (Phi) is 4.76. The Balaban J connectivity index is 1.93. The second-order valence-electron chi connectivity index (χ2n) is 3.97. The third kappa shape index (κ3) is 3.33. The standard InChI is InChI=1S/C13H15NO3S/c15-6-1-3-10-5-8-18-12(10)13(16)14-9-11-4-2-7-17-11/h5,8,11,15H,2,4,6-7,9H2,(H,14,16). The summed E-state index contributed by atoms with van der Waals surface area (Å²) in [5, 5.41) is 13.3. The minimum atomic E-state index is -0.202. The quantitative estimate of drug-likeness (QED) is 0.802. The summed E-state index contributed by atoms with van der Waals surface area (Å²) >= 11 is 1.35. The first-order valence-electron chi connectivity index (χ1n) is 5.88. The van der Waals surface area contributed by atoms with Crippen molar-refractivity contribution >= 4 is 17.2 Å². The molecule has 18 heavy (non-hydrogen) atoms. The molecule has 1 unspecified atom stereocenters. The van der Waals surface area contributed by atoms with Crippen molar-refractivity contribution in [3.63, 3.8) is 0 Å². The lowest BCUT2D eigenvalue weighted by atomic mass is 10.2. The molecule has 0 aromatic carbocycles. The number of rotatable bonds is 3. The van der Waals surface area contributed by atoms with Gasteiger partial charge >= 0.3 is 0 Å². The minimum absolute atomic E-state index is 0.122. The third-order valence-corrected chi connectivity index (χ3v) is 3.60. The molecule has 2 N–H and O–H groups in total. The fourth-order valence-corrected chi connectivity index (χ4v) is 2.58. The zero-order valence-corrected chi connectivity index (χ0v) is 10.8. The zero-order chi connectivity index (χ0) is 12.8. The first kappa shape index (κ1) is 13.1. The largest absolute Gasteiger partial charge is 0.384 e. The van der Waals surface area contributed by atoms with Gasteiger partial charge in [-0.1, -0.05) is 11.8 Å². The summed E-state index contributed by atoms with van der Waals surface area (Å²) in [5.41, 5.74) is 0.666. The summed E-state index contributed by atoms with van der Waals surface area (Å²) in [6.45, 7) is 1.13. The van der Waals surface area contributed by atoms with Crippen LogP contribution >= 0.6 is 11.3 Å². The van der Waals surface area contributed by atoms with Crippen molar-refractivity contribution in [1.29, 1.82) is 0 Å². The molecular weight excluding hydrogens is 250 g/mol. The van der Waals surface area contributed by atoms with Crippen molar-refractivity contribution in [3.8, 4) is 11.8 Å². The Morgan fingerprint density at radius 2 is 2.56 bits per heavy atom. The van der Waals surface area contributed by atoms with Crippen molar-refractivity contribution in [2.75, 3.05) is 19.8 Å². The molecular formula is C13H15NO3S. The van der Waals surface area contributed by atoms with Crippen molar-refractivity contribution < 1.29 is 14.6 Å². The highest BCUT2D eigenvalue weighted by molar-refractivity contribution is 7.12. The van der Waals surface area contributed by atoms with E-state index in [-0.39, 0.29) is 18.6 Å². The van der Waals surface area contributed by atoms with Crippen LogP contribution in [0.15, 0.2) is 11.4 Å². The monoisotopic (exact) mass is 265 g/mol. The van der Waals surface area contributed by atoms with E-state index in [1.54, 1.807) is 6.07 Å². The average Bonchev–Trinajstić information content (AvgIpc) is 3.04. The summed E-state index contributed by atoms with van der Waals surface area (Å²) < 4.78 is 5.44. The van der Waals surface area contributed by atoms with Gasteiger partial charge < -0.3 is 15.2 Å². The molecule has 1 fully saturated rings. The molecule has 0 radical (unpaired) electrons. The lowest BCUT2D eigenvalue weighted by molar-refractivity contribution is 0.0861. The van der Waals surface area contributed by atoms with Crippen LogP contribution in [-0.2, 0) is 4.74 Å². The number of carbonyl (C=O) groups is 1. The molecule has 0 aliphatic carbocycles. The number of hydrogen-bond acceptors (Lipinski definition) is 4. The third-order valence-electron chi connectivity index (χ3n) is 2.69. The summed E-state index contributed by atoms with van der Waals surface area (Å²) in [7, 11) is 0. The maximum Gasteiger partial charge on any atom is 0.262 e. The molecule has 1 aliphatic heterocycles. The minimum Gasteiger partial charge on any atom is -0.384 e. The van der Waals surface area contributed by atoms with Gasteiger partial charge in [0.25, 0.3) is 5.91 Å². The Bertz CT molecular complexity index is 466. The van der Waals surface area contributed by atoms with E-state index >= 15 is 0 Å². The van der Waals surface area contributed by atoms with Crippen molar-refractivity contribution in [1.82, 2.24) is 5.32 Å². The summed E-state index contributed by atoms with van der Waals surface area (Å²) in [5.74, 6) is 5.20. The van der Waals surface area contributed by atoms with Gasteiger partial charge in [-0.25, -0.2) is 0 Å². The molecule has 2 rings (SSSR count). The maximum atomic E-state index is 12.0. The van der Waals surface area contributed by atoms with Gasteiger partial charge in [-0.15, -0.1) is 11.3 Å². The number of thiophene rings is 1. The molecule has 0 saturated carbocycles. The van der Waals surface area contributed by atoms with Crippen molar-refractivity contribution in [2.24, 2.45) is 0 Å². The normalized spacial score (nSPS) is 18.2. The Morgan fingerprint density at radius 3 is 3.28 bits per heavy atom. The summed E-state index contributed by atoms with van der Waals surface area (Å²) in [6, 6.07) is 1.79. The van der Waals surface area contributed by atoms with Crippen LogP contribution in [0.5, 0.6) is 0 Å². The SMILES string of the molecule is O=C(NCC1CCCO1)c1sccc1C#CCO. The highest BCUT2D eigenvalue weighted by Crippen LogP contribution is 2.16. The van der Waals surface area contributed by atoms with E-state index in [4.69, 9.17) is 9.84 Å². The summed E-state index contributed by atoms with van der Waals surface area (Å²) in [6.07, 6.45) is 2.20. The smallest absolute Gasteiger partial charge is 0.262 e. The number of carbonyl (C=O) groups excluding carboxylic acids is 1. The van der Waals surface area contributed by atoms with Crippen LogP contribution < -0.4 is 5.32 Å². The second kappa shape index (κ2) is 6.55. The van der Waals surface area contributed by atoms with Crippen LogP contribution in [0.2, 0.25) is 0 Å². The average molecular weight is 265 g/mol. The maximum absolute atomic E-state index is 12.0. The molecule has 1 aromatic rings. The van der Waals surface area contributed by atoms with Gasteiger partial charge in [0, 0.05) is 18.7 Å². The molecule has 1 aliphatic rings. The van der Waals surface area contributed by atoms with Crippen LogP contribution in [0.4, 0.5) is 0 Å². The van der Waals surface area contributed by atoms with Crippen LogP contribution in [0.1, 0.15) is 28.1 Å². The van der Waals surface area contributed by atoms with Gasteiger partial charge in [0.05, 0.1) is 6.10 Å². The number of nitrogens with one attached hydrogen (secondary N) is 1. The van der Waals surface area contributed by atoms with E-state index in [0.29, 0.717) is 17.0 Å². The molecule has 2 heterocycles. The molecule has 0 spiro atoms. The van der Waals surface area contributed by atoms with Gasteiger partial charge in [0.2, 0.25) is 0 Å². The molecule has 1 aromatic heterocycles. The number of hydrogen-bond donors (Lipinski definition) is 2. The summed E-state index contributed by atoms with van der Waals surface area (Å²) in [4.78, 5) is 12.6. The number of aliphatic hydroxyl groups is 1. The molecule has 96 valence electrons.